The largest absolute Gasteiger partial charge is 0.393 e. The van der Waals surface area contributed by atoms with E-state index in [9.17, 15) is 14.3 Å². The highest BCUT2D eigenvalue weighted by molar-refractivity contribution is 5.97. The number of H-pyrrole nitrogens is 1. The zero-order chi connectivity index (χ0) is 26.0. The zero-order valence-corrected chi connectivity index (χ0v) is 21.5. The maximum Gasteiger partial charge on any atom is 0.251 e. The number of aromatic amines is 1. The molecule has 0 radical (unpaired) electrons. The van der Waals surface area contributed by atoms with Crippen molar-refractivity contribution >= 4 is 27.8 Å². The third-order valence-corrected chi connectivity index (χ3v) is 9.47. The van der Waals surface area contributed by atoms with Crippen LogP contribution in [0.1, 0.15) is 79.0 Å². The molecule has 4 unspecified atom stereocenters. The second-order valence-electron chi connectivity index (χ2n) is 11.9. The number of nitrogens with zero attached hydrogens (tertiary/aromatic N) is 2. The van der Waals surface area contributed by atoms with Gasteiger partial charge in [-0.15, -0.1) is 0 Å². The summed E-state index contributed by atoms with van der Waals surface area (Å²) in [4.78, 5) is 25.4. The Balaban J connectivity index is 1.02. The molecule has 7 rings (SSSR count). The number of aliphatic hydroxyl groups is 1. The van der Waals surface area contributed by atoms with Gasteiger partial charge in [0.15, 0.2) is 0 Å². The summed E-state index contributed by atoms with van der Waals surface area (Å²) in [5, 5.41) is 13.4. The molecule has 6 nitrogen and oxygen atoms in total. The second-order valence-corrected chi connectivity index (χ2v) is 11.9. The fraction of sp³-hybridized carbons (Fsp3) is 0.452. The number of carbonyl (C=O) groups is 1. The molecule has 196 valence electrons. The van der Waals surface area contributed by atoms with Crippen molar-refractivity contribution in [2.24, 2.45) is 17.8 Å². The Kier molecular flexibility index (Phi) is 5.73. The lowest BCUT2D eigenvalue weighted by Crippen LogP contribution is -2.46. The van der Waals surface area contributed by atoms with E-state index in [1.54, 1.807) is 12.1 Å². The maximum atomic E-state index is 14.0. The van der Waals surface area contributed by atoms with Crippen LogP contribution in [0.3, 0.4) is 0 Å². The van der Waals surface area contributed by atoms with Gasteiger partial charge in [0.2, 0.25) is 0 Å². The van der Waals surface area contributed by atoms with Crippen LogP contribution in [0.25, 0.3) is 21.9 Å². The number of imidazole rings is 1. The van der Waals surface area contributed by atoms with E-state index >= 15 is 0 Å². The molecule has 5 atom stereocenters. The molecule has 0 saturated heterocycles. The van der Waals surface area contributed by atoms with Gasteiger partial charge in [-0.2, -0.15) is 0 Å². The predicted molar refractivity (Wildman–Crippen MR) is 144 cm³/mol. The highest BCUT2D eigenvalue weighted by atomic mass is 19.1. The van der Waals surface area contributed by atoms with Crippen LogP contribution < -0.4 is 5.32 Å². The molecule has 0 spiro atoms. The van der Waals surface area contributed by atoms with Gasteiger partial charge in [0.05, 0.1) is 22.7 Å². The average molecular weight is 513 g/mol. The minimum absolute atomic E-state index is 0.0605. The van der Waals surface area contributed by atoms with Crippen LogP contribution >= 0.6 is 0 Å². The average Bonchev–Trinajstić information content (AvgIpc) is 3.61. The number of aromatic nitrogens is 3. The topological polar surface area (TPSA) is 90.9 Å². The number of hydrogen-bond acceptors (Lipinski definition) is 4. The molecule has 2 bridgehead atoms. The zero-order valence-electron chi connectivity index (χ0n) is 21.5. The van der Waals surface area contributed by atoms with Crippen molar-refractivity contribution in [2.75, 3.05) is 0 Å². The smallest absolute Gasteiger partial charge is 0.251 e. The Morgan fingerprint density at radius 2 is 1.92 bits per heavy atom. The van der Waals surface area contributed by atoms with Gasteiger partial charge in [-0.3, -0.25) is 9.78 Å². The predicted octanol–water partition coefficient (Wildman–Crippen LogP) is 5.83. The summed E-state index contributed by atoms with van der Waals surface area (Å²) in [5.74, 6) is 3.46. The standard InChI is InChI=1S/C31H33FN4O2/c1-16(30-35-28-4-2-17(12-29(28)36-30)31(38)34-22-14-23(37)15-22)8-18-9-20-10-19(18)11-25(20)24-6-7-33-27-5-3-21(32)13-26(24)27/h2-7,12-13,16,18-20,22-23,25,37H,8-11,14-15H2,1H3,(H,34,38)(H,35,36)/t16-,18?,19?,20?,22?,23?,25?/m1/s1. The molecule has 38 heavy (non-hydrogen) atoms. The number of nitrogens with one attached hydrogen (secondary N) is 2. The lowest BCUT2D eigenvalue weighted by Gasteiger charge is -2.31. The normalized spacial score (nSPS) is 29.0. The SMILES string of the molecule is C[C@H](CC1CC2CC1CC2c1ccnc2ccc(F)cc12)c1nc2ccc(C(=O)NC3CC(O)C3)cc2[nH]1. The molecule has 2 heterocycles. The van der Waals surface area contributed by atoms with E-state index in [-0.39, 0.29) is 23.9 Å². The molecule has 2 aromatic carbocycles. The minimum Gasteiger partial charge on any atom is -0.393 e. The van der Waals surface area contributed by atoms with Crippen LogP contribution in [0.5, 0.6) is 0 Å². The van der Waals surface area contributed by atoms with Gasteiger partial charge in [0.25, 0.3) is 5.91 Å². The molecular weight excluding hydrogens is 479 g/mol. The number of amides is 1. The van der Waals surface area contributed by atoms with Crippen molar-refractivity contribution in [1.29, 1.82) is 0 Å². The highest BCUT2D eigenvalue weighted by Gasteiger charge is 2.46. The summed E-state index contributed by atoms with van der Waals surface area (Å²) in [7, 11) is 0. The van der Waals surface area contributed by atoms with Crippen LogP contribution in [0.2, 0.25) is 0 Å². The number of pyridine rings is 1. The van der Waals surface area contributed by atoms with Gasteiger partial charge >= 0.3 is 0 Å². The summed E-state index contributed by atoms with van der Waals surface area (Å²) in [6.45, 7) is 2.25. The van der Waals surface area contributed by atoms with Crippen LogP contribution in [0.15, 0.2) is 48.7 Å². The molecule has 3 saturated carbocycles. The van der Waals surface area contributed by atoms with E-state index < -0.39 is 0 Å². The molecule has 0 aliphatic heterocycles. The Bertz CT molecular complexity index is 1530. The second kappa shape index (κ2) is 9.16. The highest BCUT2D eigenvalue weighted by Crippen LogP contribution is 2.58. The van der Waals surface area contributed by atoms with Crippen molar-refractivity contribution in [3.05, 3.63) is 71.4 Å². The van der Waals surface area contributed by atoms with Crippen LogP contribution in [0.4, 0.5) is 4.39 Å². The van der Waals surface area contributed by atoms with Gasteiger partial charge in [-0.25, -0.2) is 9.37 Å². The van der Waals surface area contributed by atoms with Crippen LogP contribution in [-0.2, 0) is 0 Å². The Labute approximate surface area is 221 Å². The van der Waals surface area contributed by atoms with Crippen LogP contribution in [0, 0.1) is 23.6 Å². The van der Waals surface area contributed by atoms with Gasteiger partial charge < -0.3 is 15.4 Å². The molecule has 7 heteroatoms. The van der Waals surface area contributed by atoms with E-state index in [4.69, 9.17) is 4.98 Å². The van der Waals surface area contributed by atoms with Crippen molar-refractivity contribution < 1.29 is 14.3 Å². The third kappa shape index (κ3) is 4.17. The number of aliphatic hydroxyl groups excluding tert-OH is 1. The summed E-state index contributed by atoms with van der Waals surface area (Å²) < 4.78 is 14.0. The van der Waals surface area contributed by atoms with E-state index in [2.05, 4.69) is 28.3 Å². The number of fused-ring (bicyclic) bond motifs is 4. The summed E-state index contributed by atoms with van der Waals surface area (Å²) in [6, 6.07) is 12.7. The number of rotatable bonds is 6. The molecule has 2 aromatic heterocycles. The van der Waals surface area contributed by atoms with Crippen molar-refractivity contribution in [2.45, 2.75) is 69.4 Å². The fourth-order valence-corrected chi connectivity index (χ4v) is 7.47. The van der Waals surface area contributed by atoms with Crippen molar-refractivity contribution in [3.8, 4) is 0 Å². The quantitative estimate of drug-likeness (QED) is 0.303. The number of halogens is 1. The summed E-state index contributed by atoms with van der Waals surface area (Å²) in [5.41, 5.74) is 4.53. The van der Waals surface area contributed by atoms with E-state index in [0.717, 1.165) is 40.6 Å². The first-order valence-corrected chi connectivity index (χ1v) is 13.9. The van der Waals surface area contributed by atoms with Gasteiger partial charge in [-0.05, 0) is 110 Å². The molecule has 3 N–H and O–H groups in total. The monoisotopic (exact) mass is 512 g/mol. The molecule has 1 amide bonds. The van der Waals surface area contributed by atoms with Crippen molar-refractivity contribution in [3.63, 3.8) is 0 Å². The van der Waals surface area contributed by atoms with E-state index in [1.165, 1.54) is 24.5 Å². The molecule has 3 aliphatic carbocycles. The first-order valence-electron chi connectivity index (χ1n) is 13.9. The summed E-state index contributed by atoms with van der Waals surface area (Å²) in [6.07, 6.45) is 7.54. The minimum atomic E-state index is -0.291. The van der Waals surface area contributed by atoms with Crippen LogP contribution in [-0.4, -0.2) is 38.1 Å². The molecule has 3 fully saturated rings. The fourth-order valence-electron chi connectivity index (χ4n) is 7.47. The first kappa shape index (κ1) is 23.8. The Hall–Kier alpha value is -3.32. The molecular formula is C31H33FN4O2. The Morgan fingerprint density at radius 3 is 2.71 bits per heavy atom. The number of benzene rings is 2. The summed E-state index contributed by atoms with van der Waals surface area (Å²) >= 11 is 0. The van der Waals surface area contributed by atoms with Gasteiger partial charge in [0.1, 0.15) is 11.6 Å². The molecule has 4 aromatic rings. The lowest BCUT2D eigenvalue weighted by molar-refractivity contribution is 0.0562. The molecule has 3 aliphatic rings. The number of hydrogen-bond donors (Lipinski definition) is 3. The Morgan fingerprint density at radius 1 is 1.08 bits per heavy atom. The first-order chi connectivity index (χ1) is 18.4. The number of carbonyl (C=O) groups excluding carboxylic acids is 1. The van der Waals surface area contributed by atoms with Gasteiger partial charge in [0, 0.05) is 29.1 Å². The van der Waals surface area contributed by atoms with Crippen molar-refractivity contribution in [1.82, 2.24) is 20.3 Å². The maximum absolute atomic E-state index is 14.0. The lowest BCUT2D eigenvalue weighted by atomic mass is 9.75. The van der Waals surface area contributed by atoms with E-state index in [0.29, 0.717) is 48.0 Å². The third-order valence-electron chi connectivity index (χ3n) is 9.47. The van der Waals surface area contributed by atoms with Gasteiger partial charge in [-0.1, -0.05) is 6.92 Å². The van der Waals surface area contributed by atoms with E-state index in [1.807, 2.05) is 24.4 Å².